The van der Waals surface area contributed by atoms with Crippen molar-refractivity contribution in [3.05, 3.63) is 16.9 Å². The van der Waals surface area contributed by atoms with Gasteiger partial charge in [0.2, 0.25) is 5.78 Å². The van der Waals surface area contributed by atoms with E-state index in [1.54, 1.807) is 4.68 Å². The van der Waals surface area contributed by atoms with Gasteiger partial charge in [0.25, 0.3) is 0 Å². The highest BCUT2D eigenvalue weighted by Gasteiger charge is 2.35. The third kappa shape index (κ3) is 2.93. The lowest BCUT2D eigenvalue weighted by Gasteiger charge is -2.28. The predicted molar refractivity (Wildman–Crippen MR) is 72.2 cm³/mol. The van der Waals surface area contributed by atoms with Crippen molar-refractivity contribution in [2.75, 3.05) is 7.11 Å². The Kier molecular flexibility index (Phi) is 4.56. The van der Waals surface area contributed by atoms with Gasteiger partial charge in [-0.3, -0.25) is 9.48 Å². The molecule has 5 heteroatoms. The van der Waals surface area contributed by atoms with E-state index in [0.717, 1.165) is 0 Å². The van der Waals surface area contributed by atoms with Crippen LogP contribution in [0.5, 0.6) is 0 Å². The van der Waals surface area contributed by atoms with Gasteiger partial charge >= 0.3 is 0 Å². The van der Waals surface area contributed by atoms with Crippen molar-refractivity contribution in [1.82, 2.24) is 9.78 Å². The highest BCUT2D eigenvalue weighted by Crippen LogP contribution is 2.28. The maximum absolute atomic E-state index is 12.6. The molecule has 0 spiro atoms. The SMILES string of the molecule is COC(C(=O)c1c(Cl)cnn1C(C)C)C(C)(C)C. The van der Waals surface area contributed by atoms with Crippen molar-refractivity contribution in [2.24, 2.45) is 5.41 Å². The standard InChI is InChI=1S/C13H21ClN2O2/c1-8(2)16-10(9(14)7-15-16)11(17)12(18-6)13(3,4)5/h7-8,12H,1-6H3. The van der Waals surface area contributed by atoms with E-state index < -0.39 is 6.10 Å². The molecule has 0 aliphatic rings. The van der Waals surface area contributed by atoms with Crippen LogP contribution in [0, 0.1) is 5.41 Å². The maximum Gasteiger partial charge on any atom is 0.211 e. The van der Waals surface area contributed by atoms with Gasteiger partial charge in [-0.25, -0.2) is 0 Å². The summed E-state index contributed by atoms with van der Waals surface area (Å²) in [5.41, 5.74) is 0.134. The first-order valence-electron chi connectivity index (χ1n) is 6.00. The van der Waals surface area contributed by atoms with Crippen molar-refractivity contribution in [2.45, 2.75) is 46.8 Å². The normalized spacial score (nSPS) is 14.0. The summed E-state index contributed by atoms with van der Waals surface area (Å²) in [6.45, 7) is 9.80. The molecule has 1 rings (SSSR count). The van der Waals surface area contributed by atoms with Gasteiger partial charge in [-0.2, -0.15) is 5.10 Å². The second-order valence-corrected chi connectivity index (χ2v) is 6.13. The van der Waals surface area contributed by atoms with E-state index in [1.165, 1.54) is 13.3 Å². The Hall–Kier alpha value is -0.870. The number of Topliss-reactive ketones (excluding diaryl/α,β-unsaturated/α-hetero) is 1. The van der Waals surface area contributed by atoms with Gasteiger partial charge in [0.05, 0.1) is 11.2 Å². The molecular weight excluding hydrogens is 252 g/mol. The number of methoxy groups -OCH3 is 1. The molecule has 1 atom stereocenters. The second kappa shape index (κ2) is 5.41. The smallest absolute Gasteiger partial charge is 0.211 e. The second-order valence-electron chi connectivity index (χ2n) is 5.73. The average molecular weight is 273 g/mol. The summed E-state index contributed by atoms with van der Waals surface area (Å²) in [4.78, 5) is 12.6. The third-order valence-corrected chi connectivity index (χ3v) is 3.01. The highest BCUT2D eigenvalue weighted by molar-refractivity contribution is 6.33. The number of carbonyl (C=O) groups excluding carboxylic acids is 1. The van der Waals surface area contributed by atoms with E-state index in [-0.39, 0.29) is 17.2 Å². The fourth-order valence-corrected chi connectivity index (χ4v) is 2.16. The molecule has 102 valence electrons. The molecule has 18 heavy (non-hydrogen) atoms. The first-order valence-corrected chi connectivity index (χ1v) is 6.38. The number of hydrogen-bond acceptors (Lipinski definition) is 3. The van der Waals surface area contributed by atoms with Gasteiger partial charge in [-0.05, 0) is 19.3 Å². The number of rotatable bonds is 4. The topological polar surface area (TPSA) is 44.1 Å². The van der Waals surface area contributed by atoms with Crippen LogP contribution in [0.3, 0.4) is 0 Å². The van der Waals surface area contributed by atoms with Crippen LogP contribution in [-0.4, -0.2) is 28.8 Å². The number of aromatic nitrogens is 2. The van der Waals surface area contributed by atoms with Crippen molar-refractivity contribution >= 4 is 17.4 Å². The number of carbonyl (C=O) groups is 1. The summed E-state index contributed by atoms with van der Waals surface area (Å²) >= 11 is 6.08. The largest absolute Gasteiger partial charge is 0.373 e. The molecule has 0 bridgehead atoms. The van der Waals surface area contributed by atoms with Crippen LogP contribution in [0.2, 0.25) is 5.02 Å². The predicted octanol–water partition coefficient (Wildman–Crippen LogP) is 3.36. The van der Waals surface area contributed by atoms with E-state index in [1.807, 2.05) is 34.6 Å². The summed E-state index contributed by atoms with van der Waals surface area (Å²) in [6, 6.07) is 0.0777. The number of halogens is 1. The molecule has 0 radical (unpaired) electrons. The molecule has 1 aromatic heterocycles. The summed E-state index contributed by atoms with van der Waals surface area (Å²) in [5.74, 6) is -0.124. The monoisotopic (exact) mass is 272 g/mol. The Morgan fingerprint density at radius 3 is 2.39 bits per heavy atom. The Labute approximate surface area is 113 Å². The van der Waals surface area contributed by atoms with E-state index in [4.69, 9.17) is 16.3 Å². The Morgan fingerprint density at radius 1 is 1.44 bits per heavy atom. The van der Waals surface area contributed by atoms with Gasteiger partial charge in [0.15, 0.2) is 0 Å². The molecule has 0 fully saturated rings. The zero-order valence-electron chi connectivity index (χ0n) is 11.8. The zero-order valence-corrected chi connectivity index (χ0v) is 12.6. The minimum atomic E-state index is -0.538. The number of ether oxygens (including phenoxy) is 1. The number of nitrogens with zero attached hydrogens (tertiary/aromatic N) is 2. The average Bonchev–Trinajstić information content (AvgIpc) is 2.58. The van der Waals surface area contributed by atoms with Crippen LogP contribution in [0.4, 0.5) is 0 Å². The van der Waals surface area contributed by atoms with Crippen LogP contribution >= 0.6 is 11.6 Å². The first kappa shape index (κ1) is 15.2. The van der Waals surface area contributed by atoms with Crippen molar-refractivity contribution in [3.63, 3.8) is 0 Å². The molecule has 1 unspecified atom stereocenters. The molecule has 4 nitrogen and oxygen atoms in total. The van der Waals surface area contributed by atoms with Gasteiger partial charge in [-0.15, -0.1) is 0 Å². The zero-order chi connectivity index (χ0) is 14.1. The van der Waals surface area contributed by atoms with Crippen molar-refractivity contribution in [1.29, 1.82) is 0 Å². The van der Waals surface area contributed by atoms with Crippen LogP contribution < -0.4 is 0 Å². The summed E-state index contributed by atoms with van der Waals surface area (Å²) in [5, 5.41) is 4.52. The molecule has 0 aliphatic heterocycles. The van der Waals surface area contributed by atoms with Gasteiger partial charge in [-0.1, -0.05) is 32.4 Å². The lowest BCUT2D eigenvalue weighted by Crippen LogP contribution is -2.37. The summed E-state index contributed by atoms with van der Waals surface area (Å²) in [7, 11) is 1.54. The minimum absolute atomic E-state index is 0.0777. The molecule has 0 saturated carbocycles. The first-order chi connectivity index (χ1) is 8.20. The van der Waals surface area contributed by atoms with E-state index in [2.05, 4.69) is 5.10 Å². The number of hydrogen-bond donors (Lipinski definition) is 0. The fourth-order valence-electron chi connectivity index (χ4n) is 1.94. The Morgan fingerprint density at radius 2 is 2.00 bits per heavy atom. The van der Waals surface area contributed by atoms with Crippen LogP contribution in [0.25, 0.3) is 0 Å². The quantitative estimate of drug-likeness (QED) is 0.790. The highest BCUT2D eigenvalue weighted by atomic mass is 35.5. The van der Waals surface area contributed by atoms with Crippen LogP contribution in [0.1, 0.15) is 51.1 Å². The van der Waals surface area contributed by atoms with Gasteiger partial charge in [0.1, 0.15) is 11.8 Å². The molecule has 0 amide bonds. The lowest BCUT2D eigenvalue weighted by atomic mass is 9.85. The van der Waals surface area contributed by atoms with Crippen molar-refractivity contribution in [3.8, 4) is 0 Å². The molecule has 0 saturated heterocycles. The van der Waals surface area contributed by atoms with Crippen molar-refractivity contribution < 1.29 is 9.53 Å². The third-order valence-electron chi connectivity index (χ3n) is 2.73. The molecular formula is C13H21ClN2O2. The molecule has 0 N–H and O–H groups in total. The Bertz CT molecular complexity index is 433. The lowest BCUT2D eigenvalue weighted by molar-refractivity contribution is 0.0186. The number of ketones is 1. The molecule has 0 aliphatic carbocycles. The maximum atomic E-state index is 12.6. The van der Waals surface area contributed by atoms with Crippen LogP contribution in [0.15, 0.2) is 6.20 Å². The Balaban J connectivity index is 3.21. The molecule has 1 heterocycles. The fraction of sp³-hybridized carbons (Fsp3) is 0.692. The van der Waals surface area contributed by atoms with E-state index in [0.29, 0.717) is 10.7 Å². The van der Waals surface area contributed by atoms with Gasteiger partial charge in [0, 0.05) is 13.2 Å². The summed E-state index contributed by atoms with van der Waals surface area (Å²) < 4.78 is 6.98. The molecule has 0 aromatic carbocycles. The van der Waals surface area contributed by atoms with Crippen LogP contribution in [-0.2, 0) is 4.74 Å². The summed E-state index contributed by atoms with van der Waals surface area (Å²) in [6.07, 6.45) is 0.966. The minimum Gasteiger partial charge on any atom is -0.373 e. The van der Waals surface area contributed by atoms with E-state index in [9.17, 15) is 4.79 Å². The molecule has 1 aromatic rings. The van der Waals surface area contributed by atoms with Gasteiger partial charge < -0.3 is 4.74 Å². The van der Waals surface area contributed by atoms with E-state index >= 15 is 0 Å².